The number of aliphatic hydroxyl groups excluding tert-OH is 1. The van der Waals surface area contributed by atoms with E-state index in [-0.39, 0.29) is 22.2 Å². The summed E-state index contributed by atoms with van der Waals surface area (Å²) in [7, 11) is 0. The topological polar surface area (TPSA) is 32.3 Å². The van der Waals surface area contributed by atoms with Crippen molar-refractivity contribution in [1.82, 2.24) is 0 Å². The Morgan fingerprint density at radius 2 is 1.67 bits per heavy atom. The van der Waals surface area contributed by atoms with Crippen LogP contribution in [0.15, 0.2) is 30.3 Å². The zero-order valence-electron chi connectivity index (χ0n) is 10.5. The van der Waals surface area contributed by atoms with Gasteiger partial charge in [0.25, 0.3) is 0 Å². The smallest absolute Gasteiger partial charge is 0.160 e. The molecule has 0 spiro atoms. The van der Waals surface area contributed by atoms with Crippen molar-refractivity contribution in [2.24, 2.45) is 0 Å². The van der Waals surface area contributed by atoms with Crippen LogP contribution in [0.5, 0.6) is 0 Å². The van der Waals surface area contributed by atoms with Crippen LogP contribution in [-0.2, 0) is 0 Å². The number of hydrogen-bond acceptors (Lipinski definition) is 2. The number of halogens is 5. The van der Waals surface area contributed by atoms with Crippen molar-refractivity contribution in [2.75, 3.05) is 11.9 Å². The van der Waals surface area contributed by atoms with Gasteiger partial charge in [-0.1, -0.05) is 23.2 Å². The third kappa shape index (κ3) is 3.81. The van der Waals surface area contributed by atoms with Crippen LogP contribution in [0.4, 0.5) is 18.9 Å². The number of anilines is 1. The lowest BCUT2D eigenvalue weighted by molar-refractivity contribution is 0.186. The molecule has 2 rings (SSSR count). The minimum absolute atomic E-state index is 0.126. The minimum atomic E-state index is -1.29. The van der Waals surface area contributed by atoms with Crippen LogP contribution in [0.3, 0.4) is 0 Å². The summed E-state index contributed by atoms with van der Waals surface area (Å²) in [5.74, 6) is -2.13. The van der Waals surface area contributed by atoms with E-state index in [0.29, 0.717) is 5.69 Å². The van der Waals surface area contributed by atoms with E-state index in [0.717, 1.165) is 18.2 Å². The Morgan fingerprint density at radius 1 is 1.05 bits per heavy atom. The number of nitrogens with one attached hydrogen (secondary N) is 1. The standard InChI is InChI=1S/C14H10Cl2F3NO/c15-10-4-8(5-11(16)14(10)19)20-6-13(21)9-3-7(17)1-2-12(9)18/h1-5,13,20-21H,6H2. The van der Waals surface area contributed by atoms with Crippen molar-refractivity contribution in [3.63, 3.8) is 0 Å². The summed E-state index contributed by atoms with van der Waals surface area (Å²) >= 11 is 11.3. The molecule has 0 saturated carbocycles. The highest BCUT2D eigenvalue weighted by Crippen LogP contribution is 2.28. The predicted molar refractivity (Wildman–Crippen MR) is 76.2 cm³/mol. The quantitative estimate of drug-likeness (QED) is 0.803. The summed E-state index contributed by atoms with van der Waals surface area (Å²) in [4.78, 5) is 0. The molecule has 0 fully saturated rings. The van der Waals surface area contributed by atoms with Crippen LogP contribution in [0.25, 0.3) is 0 Å². The molecular formula is C14H10Cl2F3NO. The average Bonchev–Trinajstić information content (AvgIpc) is 2.44. The van der Waals surface area contributed by atoms with Gasteiger partial charge in [0, 0.05) is 17.8 Å². The van der Waals surface area contributed by atoms with Gasteiger partial charge >= 0.3 is 0 Å². The van der Waals surface area contributed by atoms with Gasteiger partial charge < -0.3 is 10.4 Å². The lowest BCUT2D eigenvalue weighted by atomic mass is 10.1. The van der Waals surface area contributed by atoms with E-state index in [9.17, 15) is 18.3 Å². The Morgan fingerprint density at radius 3 is 2.29 bits per heavy atom. The van der Waals surface area contributed by atoms with Crippen molar-refractivity contribution >= 4 is 28.9 Å². The van der Waals surface area contributed by atoms with Gasteiger partial charge in [-0.05, 0) is 30.3 Å². The van der Waals surface area contributed by atoms with E-state index in [1.165, 1.54) is 12.1 Å². The molecule has 0 radical (unpaired) electrons. The molecule has 0 aliphatic heterocycles. The van der Waals surface area contributed by atoms with Gasteiger partial charge in [0.2, 0.25) is 0 Å². The molecule has 1 atom stereocenters. The first-order chi connectivity index (χ1) is 9.88. The fourth-order valence-corrected chi connectivity index (χ4v) is 2.24. The fraction of sp³-hybridized carbons (Fsp3) is 0.143. The number of benzene rings is 2. The first-order valence-corrected chi connectivity index (χ1v) is 6.65. The predicted octanol–water partition coefficient (Wildman–Crippen LogP) is 4.56. The molecule has 2 aromatic rings. The van der Waals surface area contributed by atoms with Gasteiger partial charge in [-0.25, -0.2) is 13.2 Å². The average molecular weight is 336 g/mol. The Bertz CT molecular complexity index is 644. The first-order valence-electron chi connectivity index (χ1n) is 5.90. The highest BCUT2D eigenvalue weighted by Gasteiger charge is 2.14. The lowest BCUT2D eigenvalue weighted by Crippen LogP contribution is -2.14. The summed E-state index contributed by atoms with van der Waals surface area (Å²) in [6, 6.07) is 5.35. The van der Waals surface area contributed by atoms with Crippen molar-refractivity contribution in [3.8, 4) is 0 Å². The van der Waals surface area contributed by atoms with Crippen LogP contribution in [0, 0.1) is 17.5 Å². The minimum Gasteiger partial charge on any atom is -0.386 e. The van der Waals surface area contributed by atoms with Gasteiger partial charge in [0.15, 0.2) is 5.82 Å². The monoisotopic (exact) mass is 335 g/mol. The molecule has 0 heterocycles. The Hall–Kier alpha value is -1.43. The largest absolute Gasteiger partial charge is 0.386 e. The van der Waals surface area contributed by atoms with E-state index in [2.05, 4.69) is 5.32 Å². The number of hydrogen-bond donors (Lipinski definition) is 2. The van der Waals surface area contributed by atoms with Crippen LogP contribution < -0.4 is 5.32 Å². The molecule has 2 nitrogen and oxygen atoms in total. The Kier molecular flexibility index (Phi) is 4.98. The van der Waals surface area contributed by atoms with Gasteiger partial charge in [-0.2, -0.15) is 0 Å². The second kappa shape index (κ2) is 6.56. The molecule has 112 valence electrons. The maximum Gasteiger partial charge on any atom is 0.160 e. The molecule has 21 heavy (non-hydrogen) atoms. The number of aliphatic hydroxyl groups is 1. The molecule has 2 aromatic carbocycles. The summed E-state index contributed by atoms with van der Waals surface area (Å²) < 4.78 is 39.8. The molecule has 0 aromatic heterocycles. The maximum absolute atomic E-state index is 13.5. The van der Waals surface area contributed by atoms with E-state index >= 15 is 0 Å². The third-order valence-electron chi connectivity index (χ3n) is 2.80. The molecule has 1 unspecified atom stereocenters. The van der Waals surface area contributed by atoms with Crippen LogP contribution in [0.2, 0.25) is 10.0 Å². The van der Waals surface area contributed by atoms with E-state index in [1.54, 1.807) is 0 Å². The fourth-order valence-electron chi connectivity index (χ4n) is 1.75. The number of rotatable bonds is 4. The van der Waals surface area contributed by atoms with Gasteiger partial charge in [-0.15, -0.1) is 0 Å². The van der Waals surface area contributed by atoms with Crippen LogP contribution >= 0.6 is 23.2 Å². The van der Waals surface area contributed by atoms with Gasteiger partial charge in [0.05, 0.1) is 16.1 Å². The molecule has 0 bridgehead atoms. The third-order valence-corrected chi connectivity index (χ3v) is 3.35. The normalized spacial score (nSPS) is 12.3. The summed E-state index contributed by atoms with van der Waals surface area (Å²) in [6.45, 7) is -0.126. The molecule has 0 aliphatic rings. The van der Waals surface area contributed by atoms with E-state index in [4.69, 9.17) is 23.2 Å². The van der Waals surface area contributed by atoms with Crippen LogP contribution in [0.1, 0.15) is 11.7 Å². The maximum atomic E-state index is 13.5. The SMILES string of the molecule is OC(CNc1cc(Cl)c(F)c(Cl)c1)c1cc(F)ccc1F. The van der Waals surface area contributed by atoms with Gasteiger partial charge in [0.1, 0.15) is 11.6 Å². The Labute approximate surface area is 129 Å². The van der Waals surface area contributed by atoms with Crippen molar-refractivity contribution < 1.29 is 18.3 Å². The van der Waals surface area contributed by atoms with Crippen molar-refractivity contribution in [1.29, 1.82) is 0 Å². The molecule has 0 amide bonds. The summed E-state index contributed by atoms with van der Waals surface area (Å²) in [5.41, 5.74) is 0.170. The summed E-state index contributed by atoms with van der Waals surface area (Å²) in [6.07, 6.45) is -1.29. The van der Waals surface area contributed by atoms with E-state index in [1.807, 2.05) is 0 Å². The lowest BCUT2D eigenvalue weighted by Gasteiger charge is -2.14. The molecule has 0 aliphatic carbocycles. The molecule has 0 saturated heterocycles. The van der Waals surface area contributed by atoms with E-state index < -0.39 is 23.6 Å². The zero-order valence-corrected chi connectivity index (χ0v) is 12.0. The highest BCUT2D eigenvalue weighted by molar-refractivity contribution is 6.35. The second-order valence-electron chi connectivity index (χ2n) is 4.32. The molecule has 2 N–H and O–H groups in total. The Balaban J connectivity index is 2.11. The summed E-state index contributed by atoms with van der Waals surface area (Å²) in [5, 5.41) is 12.2. The second-order valence-corrected chi connectivity index (χ2v) is 5.13. The molecule has 7 heteroatoms. The zero-order chi connectivity index (χ0) is 15.6. The van der Waals surface area contributed by atoms with Crippen LogP contribution in [-0.4, -0.2) is 11.7 Å². The molecular weight excluding hydrogens is 326 g/mol. The first kappa shape index (κ1) is 15.9. The van der Waals surface area contributed by atoms with Gasteiger partial charge in [-0.3, -0.25) is 0 Å². The van der Waals surface area contributed by atoms with Crippen molar-refractivity contribution in [2.45, 2.75) is 6.10 Å². The van der Waals surface area contributed by atoms with Crippen molar-refractivity contribution in [3.05, 3.63) is 63.4 Å². The highest BCUT2D eigenvalue weighted by atomic mass is 35.5.